The fraction of sp³-hybridized carbons (Fsp3) is 0.565. The van der Waals surface area contributed by atoms with Crippen molar-refractivity contribution in [1.82, 2.24) is 19.6 Å². The summed E-state index contributed by atoms with van der Waals surface area (Å²) >= 11 is 0. The number of aryl methyl sites for hydroxylation is 1. The molecule has 3 rings (SSSR count). The number of aromatic nitrogens is 2. The van der Waals surface area contributed by atoms with Gasteiger partial charge in [-0.3, -0.25) is 14.4 Å². The molecule has 2 aromatic rings. The van der Waals surface area contributed by atoms with Gasteiger partial charge in [0.15, 0.2) is 5.60 Å². The average molecular weight is 399 g/mol. The van der Waals surface area contributed by atoms with Gasteiger partial charge in [0.25, 0.3) is 5.91 Å². The van der Waals surface area contributed by atoms with E-state index in [1.54, 1.807) is 4.90 Å². The van der Waals surface area contributed by atoms with E-state index in [1.165, 1.54) is 5.56 Å². The zero-order valence-electron chi connectivity index (χ0n) is 18.1. The van der Waals surface area contributed by atoms with Gasteiger partial charge in [0, 0.05) is 44.5 Å². The van der Waals surface area contributed by atoms with Crippen molar-refractivity contribution in [3.05, 3.63) is 53.3 Å². The molecule has 6 heteroatoms. The Bertz CT molecular complexity index is 815. The molecule has 1 aliphatic rings. The predicted octanol–water partition coefficient (Wildman–Crippen LogP) is 3.01. The van der Waals surface area contributed by atoms with E-state index in [4.69, 9.17) is 0 Å². The molecule has 1 saturated heterocycles. The summed E-state index contributed by atoms with van der Waals surface area (Å²) in [5.41, 5.74) is 2.16. The van der Waals surface area contributed by atoms with Crippen molar-refractivity contribution in [3.8, 4) is 0 Å². The van der Waals surface area contributed by atoms with Gasteiger partial charge in [-0.05, 0) is 43.9 Å². The summed E-state index contributed by atoms with van der Waals surface area (Å²) in [5.74, 6) is 0.332. The summed E-state index contributed by atoms with van der Waals surface area (Å²) in [4.78, 5) is 16.9. The van der Waals surface area contributed by atoms with Gasteiger partial charge in [0.05, 0.1) is 6.20 Å². The minimum atomic E-state index is -1.33. The fourth-order valence-corrected chi connectivity index (χ4v) is 4.07. The van der Waals surface area contributed by atoms with Crippen LogP contribution in [-0.4, -0.2) is 56.3 Å². The van der Waals surface area contributed by atoms with Gasteiger partial charge in [-0.2, -0.15) is 5.10 Å². The Labute approximate surface area is 174 Å². The maximum absolute atomic E-state index is 13.1. The average Bonchev–Trinajstić information content (AvgIpc) is 3.13. The second-order valence-corrected chi connectivity index (χ2v) is 8.63. The van der Waals surface area contributed by atoms with E-state index < -0.39 is 5.60 Å². The van der Waals surface area contributed by atoms with Crippen LogP contribution in [0.4, 0.5) is 0 Å². The third-order valence-corrected chi connectivity index (χ3v) is 5.72. The molecule has 1 atom stereocenters. The Balaban J connectivity index is 1.62. The van der Waals surface area contributed by atoms with Crippen molar-refractivity contribution < 1.29 is 9.90 Å². The van der Waals surface area contributed by atoms with Crippen molar-refractivity contribution in [1.29, 1.82) is 0 Å². The number of likely N-dealkylation sites (tertiary alicyclic amines) is 1. The van der Waals surface area contributed by atoms with Gasteiger partial charge in [-0.25, -0.2) is 0 Å². The lowest BCUT2D eigenvalue weighted by atomic mass is 9.90. The standard InChI is InChI=1S/C23H34N4O2/c1-5-27-16-20(13-24-27)14-25(4)17-23(29)11-6-12-26(22(23)28)15-19-7-9-21(10-8-19)18(2)3/h7-10,13,16,18,29H,5-6,11-12,14-15,17H2,1-4H3. The molecular weight excluding hydrogens is 364 g/mol. The summed E-state index contributed by atoms with van der Waals surface area (Å²) < 4.78 is 1.88. The van der Waals surface area contributed by atoms with Crippen LogP contribution in [-0.2, 0) is 24.4 Å². The first-order chi connectivity index (χ1) is 13.8. The first-order valence-electron chi connectivity index (χ1n) is 10.6. The van der Waals surface area contributed by atoms with Crippen LogP contribution in [0, 0.1) is 0 Å². The Morgan fingerprint density at radius 3 is 2.59 bits per heavy atom. The summed E-state index contributed by atoms with van der Waals surface area (Å²) in [6, 6.07) is 8.44. The number of benzene rings is 1. The number of hydrogen-bond donors (Lipinski definition) is 1. The second-order valence-electron chi connectivity index (χ2n) is 8.63. The smallest absolute Gasteiger partial charge is 0.256 e. The predicted molar refractivity (Wildman–Crippen MR) is 114 cm³/mol. The molecule has 1 unspecified atom stereocenters. The third kappa shape index (κ3) is 5.25. The molecule has 6 nitrogen and oxygen atoms in total. The molecule has 0 saturated carbocycles. The van der Waals surface area contributed by atoms with Crippen LogP contribution in [0.2, 0.25) is 0 Å². The Morgan fingerprint density at radius 2 is 1.97 bits per heavy atom. The van der Waals surface area contributed by atoms with Crippen molar-refractivity contribution >= 4 is 5.91 Å². The summed E-state index contributed by atoms with van der Waals surface area (Å²) in [5, 5.41) is 15.4. The lowest BCUT2D eigenvalue weighted by molar-refractivity contribution is -0.160. The van der Waals surface area contributed by atoms with Crippen LogP contribution in [0.3, 0.4) is 0 Å². The zero-order chi connectivity index (χ0) is 21.0. The second kappa shape index (κ2) is 9.09. The van der Waals surface area contributed by atoms with Gasteiger partial charge in [0.2, 0.25) is 0 Å². The summed E-state index contributed by atoms with van der Waals surface area (Å²) in [7, 11) is 1.94. The van der Waals surface area contributed by atoms with Gasteiger partial charge in [-0.15, -0.1) is 0 Å². The number of carbonyl (C=O) groups excluding carboxylic acids is 1. The maximum Gasteiger partial charge on any atom is 0.256 e. The number of hydrogen-bond acceptors (Lipinski definition) is 4. The van der Waals surface area contributed by atoms with E-state index in [0.717, 1.165) is 24.1 Å². The van der Waals surface area contributed by atoms with Crippen LogP contribution >= 0.6 is 0 Å². The number of rotatable bonds is 8. The Morgan fingerprint density at radius 1 is 1.24 bits per heavy atom. The van der Waals surface area contributed by atoms with Crippen molar-refractivity contribution in [2.24, 2.45) is 0 Å². The first kappa shape index (κ1) is 21.5. The Kier molecular flexibility index (Phi) is 6.75. The van der Waals surface area contributed by atoms with Gasteiger partial charge in [-0.1, -0.05) is 38.1 Å². The fourth-order valence-electron chi connectivity index (χ4n) is 4.07. The molecule has 158 valence electrons. The van der Waals surface area contributed by atoms with Crippen LogP contribution in [0.25, 0.3) is 0 Å². The lowest BCUT2D eigenvalue weighted by Crippen LogP contribution is -2.57. The topological polar surface area (TPSA) is 61.6 Å². The zero-order valence-corrected chi connectivity index (χ0v) is 18.1. The molecular formula is C23H34N4O2. The Hall–Kier alpha value is -2.18. The highest BCUT2D eigenvalue weighted by Crippen LogP contribution is 2.26. The molecule has 29 heavy (non-hydrogen) atoms. The molecule has 0 aliphatic carbocycles. The quantitative estimate of drug-likeness (QED) is 0.743. The number of likely N-dealkylation sites (N-methyl/N-ethyl adjacent to an activating group) is 1. The monoisotopic (exact) mass is 398 g/mol. The molecule has 0 bridgehead atoms. The minimum absolute atomic E-state index is 0.159. The molecule has 1 aliphatic heterocycles. The molecule has 2 heterocycles. The number of amides is 1. The van der Waals surface area contributed by atoms with E-state index in [-0.39, 0.29) is 5.91 Å². The molecule has 1 fully saturated rings. The highest BCUT2D eigenvalue weighted by atomic mass is 16.3. The van der Waals surface area contributed by atoms with Crippen LogP contribution in [0.5, 0.6) is 0 Å². The van der Waals surface area contributed by atoms with Gasteiger partial charge < -0.3 is 10.0 Å². The van der Waals surface area contributed by atoms with Gasteiger partial charge in [0.1, 0.15) is 0 Å². The summed E-state index contributed by atoms with van der Waals surface area (Å²) in [6.45, 7) is 9.46. The number of carbonyl (C=O) groups is 1. The van der Waals surface area contributed by atoms with E-state index >= 15 is 0 Å². The molecule has 0 radical (unpaired) electrons. The SMILES string of the molecule is CCn1cc(CN(C)CC2(O)CCCN(Cc3ccc(C(C)C)cc3)C2=O)cn1. The maximum atomic E-state index is 13.1. The lowest BCUT2D eigenvalue weighted by Gasteiger charge is -2.40. The number of piperidine rings is 1. The van der Waals surface area contributed by atoms with Crippen molar-refractivity contribution in [3.63, 3.8) is 0 Å². The normalized spacial score (nSPS) is 20.1. The molecule has 1 amide bonds. The van der Waals surface area contributed by atoms with Crippen molar-refractivity contribution in [2.45, 2.75) is 64.8 Å². The first-order valence-corrected chi connectivity index (χ1v) is 10.6. The van der Waals surface area contributed by atoms with Crippen LogP contribution < -0.4 is 0 Å². The highest BCUT2D eigenvalue weighted by Gasteiger charge is 2.42. The number of nitrogens with zero attached hydrogens (tertiary/aromatic N) is 4. The molecule has 1 aromatic carbocycles. The molecule has 1 aromatic heterocycles. The summed E-state index contributed by atoms with van der Waals surface area (Å²) in [6.07, 6.45) is 5.18. The van der Waals surface area contributed by atoms with Crippen molar-refractivity contribution in [2.75, 3.05) is 20.1 Å². The van der Waals surface area contributed by atoms with E-state index in [2.05, 4.69) is 50.1 Å². The number of aliphatic hydroxyl groups is 1. The van der Waals surface area contributed by atoms with Crippen LogP contribution in [0.1, 0.15) is 56.2 Å². The minimum Gasteiger partial charge on any atom is -0.379 e. The third-order valence-electron chi connectivity index (χ3n) is 5.72. The molecule has 1 N–H and O–H groups in total. The van der Waals surface area contributed by atoms with E-state index in [9.17, 15) is 9.90 Å². The van der Waals surface area contributed by atoms with E-state index in [0.29, 0.717) is 38.5 Å². The van der Waals surface area contributed by atoms with E-state index in [1.807, 2.05) is 29.0 Å². The highest BCUT2D eigenvalue weighted by molar-refractivity contribution is 5.86. The van der Waals surface area contributed by atoms with Crippen LogP contribution in [0.15, 0.2) is 36.7 Å². The van der Waals surface area contributed by atoms with Gasteiger partial charge >= 0.3 is 0 Å². The largest absolute Gasteiger partial charge is 0.379 e. The molecule has 0 spiro atoms.